The molecule has 1 aliphatic rings. The third kappa shape index (κ3) is 4.42. The first-order chi connectivity index (χ1) is 14.4. The molecule has 2 heterocycles. The molecule has 1 amide bonds. The zero-order valence-corrected chi connectivity index (χ0v) is 16.5. The Morgan fingerprint density at radius 3 is 2.30 bits per heavy atom. The van der Waals surface area contributed by atoms with Gasteiger partial charge in [-0.3, -0.25) is 4.79 Å². The number of imidazole rings is 1. The lowest BCUT2D eigenvalue weighted by Gasteiger charge is -2.22. The van der Waals surface area contributed by atoms with Gasteiger partial charge in [-0.15, -0.1) is 0 Å². The molecule has 1 aromatic heterocycles. The van der Waals surface area contributed by atoms with Crippen molar-refractivity contribution in [2.45, 2.75) is 38.4 Å². The smallest absolute Gasteiger partial charge is 0.372 e. The van der Waals surface area contributed by atoms with Gasteiger partial charge in [0.15, 0.2) is 0 Å². The number of nitrogens with one attached hydrogen (secondary N) is 1. The zero-order chi connectivity index (χ0) is 21.1. The van der Waals surface area contributed by atoms with Gasteiger partial charge in [0, 0.05) is 24.5 Å². The van der Waals surface area contributed by atoms with E-state index < -0.39 is 24.5 Å². The largest absolute Gasteiger partial charge is 0.449 e. The SMILES string of the molecule is O=C(Cn1c(C(F)(F)F)nc2ccccc21)Nc1ccc(N2CCCCCC2)cc1. The van der Waals surface area contributed by atoms with E-state index in [0.717, 1.165) is 23.3 Å². The van der Waals surface area contributed by atoms with Crippen molar-refractivity contribution in [2.24, 2.45) is 0 Å². The van der Waals surface area contributed by atoms with Crippen LogP contribution in [0.4, 0.5) is 24.5 Å². The second kappa shape index (κ2) is 8.38. The predicted octanol–water partition coefficient (Wildman–Crippen LogP) is 5.07. The number of hydrogen-bond acceptors (Lipinski definition) is 3. The molecule has 0 bridgehead atoms. The molecule has 158 valence electrons. The highest BCUT2D eigenvalue weighted by Crippen LogP contribution is 2.31. The molecular formula is C22H23F3N4O. The summed E-state index contributed by atoms with van der Waals surface area (Å²) in [5.41, 5.74) is 2.13. The minimum atomic E-state index is -4.64. The summed E-state index contributed by atoms with van der Waals surface area (Å²) >= 11 is 0. The Hall–Kier alpha value is -3.03. The molecule has 1 saturated heterocycles. The molecule has 0 spiro atoms. The number of halogens is 3. The van der Waals surface area contributed by atoms with Gasteiger partial charge in [0.1, 0.15) is 6.54 Å². The lowest BCUT2D eigenvalue weighted by Crippen LogP contribution is -2.24. The molecule has 30 heavy (non-hydrogen) atoms. The van der Waals surface area contributed by atoms with Crippen molar-refractivity contribution in [3.8, 4) is 0 Å². The maximum Gasteiger partial charge on any atom is 0.449 e. The fraction of sp³-hybridized carbons (Fsp3) is 0.364. The summed E-state index contributed by atoms with van der Waals surface area (Å²) in [6, 6.07) is 13.7. The summed E-state index contributed by atoms with van der Waals surface area (Å²) in [4.78, 5) is 18.5. The predicted molar refractivity (Wildman–Crippen MR) is 110 cm³/mol. The summed E-state index contributed by atoms with van der Waals surface area (Å²) in [5, 5.41) is 2.69. The Kier molecular flexibility index (Phi) is 5.65. The average molecular weight is 416 g/mol. The standard InChI is InChI=1S/C22H23F3N4O/c23-22(24,25)21-27-18-7-3-4-8-19(18)29(21)15-20(30)26-16-9-11-17(12-10-16)28-13-5-1-2-6-14-28/h3-4,7-12H,1-2,5-6,13-15H2,(H,26,30). The van der Waals surface area contributed by atoms with Gasteiger partial charge in [0.25, 0.3) is 0 Å². The highest BCUT2D eigenvalue weighted by Gasteiger charge is 2.38. The van der Waals surface area contributed by atoms with E-state index in [4.69, 9.17) is 0 Å². The van der Waals surface area contributed by atoms with Crippen LogP contribution < -0.4 is 10.2 Å². The minimum absolute atomic E-state index is 0.208. The van der Waals surface area contributed by atoms with Crippen LogP contribution >= 0.6 is 0 Å². The Bertz CT molecular complexity index is 1020. The van der Waals surface area contributed by atoms with E-state index in [9.17, 15) is 18.0 Å². The molecule has 0 aliphatic carbocycles. The molecular weight excluding hydrogens is 393 g/mol. The summed E-state index contributed by atoms with van der Waals surface area (Å²) < 4.78 is 41.1. The van der Waals surface area contributed by atoms with Gasteiger partial charge in [0.2, 0.25) is 11.7 Å². The molecule has 3 aromatic rings. The summed E-state index contributed by atoms with van der Waals surface area (Å²) in [6.45, 7) is 1.56. The first kappa shape index (κ1) is 20.3. The summed E-state index contributed by atoms with van der Waals surface area (Å²) in [7, 11) is 0. The lowest BCUT2D eigenvalue weighted by atomic mass is 10.2. The molecule has 1 aliphatic heterocycles. The normalized spacial score (nSPS) is 15.2. The number of rotatable bonds is 4. The van der Waals surface area contributed by atoms with Gasteiger partial charge in [-0.25, -0.2) is 4.98 Å². The van der Waals surface area contributed by atoms with Crippen molar-refractivity contribution < 1.29 is 18.0 Å². The molecule has 0 atom stereocenters. The van der Waals surface area contributed by atoms with Crippen molar-refractivity contribution in [1.82, 2.24) is 9.55 Å². The van der Waals surface area contributed by atoms with Crippen LogP contribution in [0.2, 0.25) is 0 Å². The molecule has 8 heteroatoms. The van der Waals surface area contributed by atoms with Crippen LogP contribution in [0.3, 0.4) is 0 Å². The molecule has 0 radical (unpaired) electrons. The van der Waals surface area contributed by atoms with E-state index in [0.29, 0.717) is 5.69 Å². The molecule has 5 nitrogen and oxygen atoms in total. The van der Waals surface area contributed by atoms with Crippen molar-refractivity contribution in [2.75, 3.05) is 23.3 Å². The number of alkyl halides is 3. The van der Waals surface area contributed by atoms with Gasteiger partial charge in [-0.2, -0.15) is 13.2 Å². The second-order valence-electron chi connectivity index (χ2n) is 7.50. The number of carbonyl (C=O) groups is 1. The van der Waals surface area contributed by atoms with E-state index in [1.807, 2.05) is 12.1 Å². The number of benzene rings is 2. The monoisotopic (exact) mass is 416 g/mol. The number of aromatic nitrogens is 2. The van der Waals surface area contributed by atoms with Crippen molar-refractivity contribution in [1.29, 1.82) is 0 Å². The third-order valence-corrected chi connectivity index (χ3v) is 5.33. The Morgan fingerprint density at radius 2 is 1.63 bits per heavy atom. The van der Waals surface area contributed by atoms with Gasteiger partial charge < -0.3 is 14.8 Å². The summed E-state index contributed by atoms with van der Waals surface area (Å²) in [5.74, 6) is -1.61. The molecule has 1 fully saturated rings. The van der Waals surface area contributed by atoms with Crippen LogP contribution in [0.5, 0.6) is 0 Å². The molecule has 4 rings (SSSR count). The van der Waals surface area contributed by atoms with Crippen LogP contribution in [0.25, 0.3) is 11.0 Å². The van der Waals surface area contributed by atoms with Gasteiger partial charge >= 0.3 is 6.18 Å². The van der Waals surface area contributed by atoms with Crippen LogP contribution in [-0.4, -0.2) is 28.5 Å². The Morgan fingerprint density at radius 1 is 0.967 bits per heavy atom. The third-order valence-electron chi connectivity index (χ3n) is 5.33. The molecule has 0 unspecified atom stereocenters. The molecule has 2 aromatic carbocycles. The maximum absolute atomic E-state index is 13.4. The average Bonchev–Trinajstić information content (AvgIpc) is 2.89. The van der Waals surface area contributed by atoms with Gasteiger partial charge in [0.05, 0.1) is 11.0 Å². The maximum atomic E-state index is 13.4. The van der Waals surface area contributed by atoms with Crippen molar-refractivity contribution >= 4 is 28.3 Å². The van der Waals surface area contributed by atoms with Crippen LogP contribution in [-0.2, 0) is 17.5 Å². The fourth-order valence-corrected chi connectivity index (χ4v) is 3.88. The number of anilines is 2. The Labute approximate surface area is 172 Å². The second-order valence-corrected chi connectivity index (χ2v) is 7.50. The van der Waals surface area contributed by atoms with Gasteiger partial charge in [-0.05, 0) is 49.2 Å². The van der Waals surface area contributed by atoms with Crippen molar-refractivity contribution in [3.05, 3.63) is 54.4 Å². The highest BCUT2D eigenvalue weighted by molar-refractivity contribution is 5.92. The number of carbonyl (C=O) groups excluding carboxylic acids is 1. The first-order valence-electron chi connectivity index (χ1n) is 10.1. The Balaban J connectivity index is 1.49. The van der Waals surface area contributed by atoms with Crippen LogP contribution in [0, 0.1) is 0 Å². The molecule has 1 N–H and O–H groups in total. The summed E-state index contributed by atoms with van der Waals surface area (Å²) in [6.07, 6.45) is 0.173. The molecule has 0 saturated carbocycles. The zero-order valence-electron chi connectivity index (χ0n) is 16.5. The topological polar surface area (TPSA) is 50.2 Å². The van der Waals surface area contributed by atoms with E-state index in [-0.39, 0.29) is 11.0 Å². The number of fused-ring (bicyclic) bond motifs is 1. The number of hydrogen-bond donors (Lipinski definition) is 1. The first-order valence-corrected chi connectivity index (χ1v) is 10.1. The lowest BCUT2D eigenvalue weighted by molar-refractivity contribution is -0.147. The van der Waals surface area contributed by atoms with Crippen LogP contribution in [0.15, 0.2) is 48.5 Å². The van der Waals surface area contributed by atoms with E-state index in [1.54, 1.807) is 24.3 Å². The van der Waals surface area contributed by atoms with E-state index >= 15 is 0 Å². The number of para-hydroxylation sites is 2. The number of nitrogens with zero attached hydrogens (tertiary/aromatic N) is 3. The van der Waals surface area contributed by atoms with Gasteiger partial charge in [-0.1, -0.05) is 25.0 Å². The van der Waals surface area contributed by atoms with E-state index in [2.05, 4.69) is 15.2 Å². The highest BCUT2D eigenvalue weighted by atomic mass is 19.4. The minimum Gasteiger partial charge on any atom is -0.372 e. The fourth-order valence-electron chi connectivity index (χ4n) is 3.88. The quantitative estimate of drug-likeness (QED) is 0.646. The number of amides is 1. The van der Waals surface area contributed by atoms with E-state index in [1.165, 1.54) is 37.8 Å². The van der Waals surface area contributed by atoms with Crippen molar-refractivity contribution in [3.63, 3.8) is 0 Å². The van der Waals surface area contributed by atoms with Crippen LogP contribution in [0.1, 0.15) is 31.5 Å².